The van der Waals surface area contributed by atoms with E-state index in [0.717, 1.165) is 12.0 Å². The van der Waals surface area contributed by atoms with Crippen molar-refractivity contribution in [3.8, 4) is 0 Å². The molecule has 1 nitrogen and oxygen atoms in total. The van der Waals surface area contributed by atoms with Crippen LogP contribution in [-0.2, 0) is 0 Å². The molecule has 0 spiro atoms. The van der Waals surface area contributed by atoms with Gasteiger partial charge in [0.1, 0.15) is 5.76 Å². The van der Waals surface area contributed by atoms with E-state index in [0.29, 0.717) is 5.76 Å². The van der Waals surface area contributed by atoms with E-state index in [1.54, 1.807) is 0 Å². The van der Waals surface area contributed by atoms with Gasteiger partial charge in [-0.2, -0.15) is 0 Å². The highest BCUT2D eigenvalue weighted by Crippen LogP contribution is 2.54. The smallest absolute Gasteiger partial charge is 0.117 e. The zero-order valence-electron chi connectivity index (χ0n) is 20.5. The average Bonchev–Trinajstić information content (AvgIpc) is 2.57. The summed E-state index contributed by atoms with van der Waals surface area (Å²) in [5.74, 6) is 0.551. The summed E-state index contributed by atoms with van der Waals surface area (Å²) in [6.07, 6.45) is 18.6. The maximum absolute atomic E-state index is 10.7. The van der Waals surface area contributed by atoms with Crippen LogP contribution in [0.15, 0.2) is 23.0 Å². The van der Waals surface area contributed by atoms with Crippen molar-refractivity contribution in [1.29, 1.82) is 0 Å². The Morgan fingerprint density at radius 2 is 1.29 bits per heavy atom. The van der Waals surface area contributed by atoms with E-state index in [2.05, 4.69) is 61.5 Å². The molecule has 0 bridgehead atoms. The molecule has 28 heavy (non-hydrogen) atoms. The van der Waals surface area contributed by atoms with Crippen LogP contribution >= 0.6 is 0 Å². The molecule has 1 N–H and O–H groups in total. The number of allylic oxidation sites excluding steroid dienone is 3. The lowest BCUT2D eigenvalue weighted by molar-refractivity contribution is 0.117. The maximum Gasteiger partial charge on any atom is 0.117 e. The molecular formula is C27H50O. The highest BCUT2D eigenvalue weighted by molar-refractivity contribution is 5.40. The van der Waals surface area contributed by atoms with Gasteiger partial charge in [-0.25, -0.2) is 0 Å². The van der Waals surface area contributed by atoms with Gasteiger partial charge in [0.2, 0.25) is 0 Å². The van der Waals surface area contributed by atoms with Gasteiger partial charge in [0, 0.05) is 0 Å². The molecule has 0 fully saturated rings. The Kier molecular flexibility index (Phi) is 9.84. The predicted octanol–water partition coefficient (Wildman–Crippen LogP) is 9.54. The normalized spacial score (nSPS) is 21.2. The van der Waals surface area contributed by atoms with Gasteiger partial charge in [-0.3, -0.25) is 0 Å². The van der Waals surface area contributed by atoms with Gasteiger partial charge >= 0.3 is 0 Å². The summed E-state index contributed by atoms with van der Waals surface area (Å²) >= 11 is 0. The first-order chi connectivity index (χ1) is 12.9. The number of aliphatic hydroxyl groups excluding tert-OH is 1. The first-order valence-corrected chi connectivity index (χ1v) is 12.1. The van der Waals surface area contributed by atoms with Crippen molar-refractivity contribution < 1.29 is 5.11 Å². The minimum absolute atomic E-state index is 0.0138. The molecule has 0 saturated heterocycles. The van der Waals surface area contributed by atoms with Crippen LogP contribution in [0.2, 0.25) is 0 Å². The average molecular weight is 391 g/mol. The van der Waals surface area contributed by atoms with E-state index in [-0.39, 0.29) is 16.2 Å². The molecule has 1 rings (SSSR count). The lowest BCUT2D eigenvalue weighted by Crippen LogP contribution is -2.38. The first-order valence-electron chi connectivity index (χ1n) is 12.1. The highest BCUT2D eigenvalue weighted by Gasteiger charge is 2.44. The van der Waals surface area contributed by atoms with E-state index < -0.39 is 0 Å². The predicted molar refractivity (Wildman–Crippen MR) is 126 cm³/mol. The van der Waals surface area contributed by atoms with Crippen molar-refractivity contribution in [2.24, 2.45) is 16.2 Å². The fourth-order valence-electron chi connectivity index (χ4n) is 4.70. The van der Waals surface area contributed by atoms with Crippen LogP contribution in [0.5, 0.6) is 0 Å². The summed E-state index contributed by atoms with van der Waals surface area (Å²) in [7, 11) is 0. The third kappa shape index (κ3) is 7.27. The second-order valence-corrected chi connectivity index (χ2v) is 11.5. The molecule has 0 aliphatic heterocycles. The number of rotatable bonds is 11. The third-order valence-corrected chi connectivity index (χ3v) is 6.94. The Morgan fingerprint density at radius 3 is 1.71 bits per heavy atom. The fraction of sp³-hybridized carbons (Fsp3) is 0.852. The molecule has 0 saturated carbocycles. The molecule has 1 heteroatoms. The van der Waals surface area contributed by atoms with Crippen LogP contribution in [0.1, 0.15) is 132 Å². The maximum atomic E-state index is 10.7. The van der Waals surface area contributed by atoms with Crippen LogP contribution in [0, 0.1) is 16.2 Å². The van der Waals surface area contributed by atoms with Crippen LogP contribution in [-0.4, -0.2) is 5.11 Å². The summed E-state index contributed by atoms with van der Waals surface area (Å²) in [5, 5.41) is 10.7. The topological polar surface area (TPSA) is 20.2 Å². The molecular weight excluding hydrogens is 340 g/mol. The van der Waals surface area contributed by atoms with Crippen molar-refractivity contribution >= 4 is 0 Å². The van der Waals surface area contributed by atoms with Gasteiger partial charge in [-0.15, -0.1) is 0 Å². The molecule has 1 unspecified atom stereocenters. The van der Waals surface area contributed by atoms with Crippen molar-refractivity contribution in [1.82, 2.24) is 0 Å². The standard InChI is InChI=1S/C27H50O/c1-9-10-11-12-13-14-15-16-17-18-19-27(26(6,7)8)20-22(2)24(28)23(21-27)25(3,4)5/h21,28H,9-20H2,1-8H3. The first kappa shape index (κ1) is 25.3. The number of hydrogen-bond donors (Lipinski definition) is 1. The second kappa shape index (κ2) is 10.9. The SMILES string of the molecule is CCCCCCCCCCCCC1(C(C)(C)C)C=C(C(C)(C)C)C(O)=C(C)C1. The van der Waals surface area contributed by atoms with E-state index in [4.69, 9.17) is 0 Å². The molecule has 0 aromatic heterocycles. The second-order valence-electron chi connectivity index (χ2n) is 11.5. The van der Waals surface area contributed by atoms with Crippen LogP contribution in [0.3, 0.4) is 0 Å². The van der Waals surface area contributed by atoms with E-state index in [1.165, 1.54) is 76.2 Å². The minimum atomic E-state index is -0.0138. The van der Waals surface area contributed by atoms with E-state index in [9.17, 15) is 5.11 Å². The summed E-state index contributed by atoms with van der Waals surface area (Å²) in [6.45, 7) is 18.2. The van der Waals surface area contributed by atoms with Gasteiger partial charge in [0.25, 0.3) is 0 Å². The Labute approximate surface area is 177 Å². The number of unbranched alkanes of at least 4 members (excludes halogenated alkanes) is 9. The van der Waals surface area contributed by atoms with E-state index >= 15 is 0 Å². The molecule has 0 radical (unpaired) electrons. The Balaban J connectivity index is 2.62. The van der Waals surface area contributed by atoms with Gasteiger partial charge < -0.3 is 5.11 Å². The highest BCUT2D eigenvalue weighted by atomic mass is 16.3. The van der Waals surface area contributed by atoms with Gasteiger partial charge in [0.05, 0.1) is 0 Å². The van der Waals surface area contributed by atoms with Crippen LogP contribution in [0.4, 0.5) is 0 Å². The molecule has 1 aliphatic carbocycles. The molecule has 164 valence electrons. The summed E-state index contributed by atoms with van der Waals surface area (Å²) in [4.78, 5) is 0. The lowest BCUT2D eigenvalue weighted by Gasteiger charge is -2.47. The summed E-state index contributed by atoms with van der Waals surface area (Å²) in [6, 6.07) is 0. The van der Waals surface area contributed by atoms with Crippen molar-refractivity contribution in [3.63, 3.8) is 0 Å². The Morgan fingerprint density at radius 1 is 0.821 bits per heavy atom. The minimum Gasteiger partial charge on any atom is -0.508 e. The van der Waals surface area contributed by atoms with Crippen molar-refractivity contribution in [3.05, 3.63) is 23.0 Å². The molecule has 0 amide bonds. The van der Waals surface area contributed by atoms with Crippen LogP contribution < -0.4 is 0 Å². The van der Waals surface area contributed by atoms with Crippen LogP contribution in [0.25, 0.3) is 0 Å². The van der Waals surface area contributed by atoms with Gasteiger partial charge in [-0.1, -0.05) is 119 Å². The fourth-order valence-corrected chi connectivity index (χ4v) is 4.70. The zero-order valence-corrected chi connectivity index (χ0v) is 20.5. The largest absolute Gasteiger partial charge is 0.508 e. The Hall–Kier alpha value is -0.720. The van der Waals surface area contributed by atoms with Gasteiger partial charge in [0.15, 0.2) is 0 Å². The molecule has 1 atom stereocenters. The molecule has 1 aliphatic rings. The number of aliphatic hydroxyl groups is 1. The van der Waals surface area contributed by atoms with Crippen molar-refractivity contribution in [2.45, 2.75) is 132 Å². The van der Waals surface area contributed by atoms with E-state index in [1.807, 2.05) is 0 Å². The third-order valence-electron chi connectivity index (χ3n) is 6.94. The number of hydrogen-bond acceptors (Lipinski definition) is 1. The summed E-state index contributed by atoms with van der Waals surface area (Å²) in [5.41, 5.74) is 2.67. The molecule has 0 aromatic carbocycles. The lowest BCUT2D eigenvalue weighted by atomic mass is 9.57. The molecule has 0 heterocycles. The Bertz CT molecular complexity index is 523. The van der Waals surface area contributed by atoms with Crippen molar-refractivity contribution in [2.75, 3.05) is 0 Å². The monoisotopic (exact) mass is 390 g/mol. The van der Waals surface area contributed by atoms with Gasteiger partial charge in [-0.05, 0) is 47.2 Å². The summed E-state index contributed by atoms with van der Waals surface area (Å²) < 4.78 is 0. The molecule has 0 aromatic rings. The quantitative estimate of drug-likeness (QED) is 0.348. The zero-order chi connectivity index (χ0) is 21.4.